The smallest absolute Gasteiger partial charge is 0.244 e. The molecule has 0 radical (unpaired) electrons. The number of benzene rings is 1. The summed E-state index contributed by atoms with van der Waals surface area (Å²) in [6.45, 7) is 0.747. The number of hydrogen-bond donors (Lipinski definition) is 2. The zero-order chi connectivity index (χ0) is 15.6. The second-order valence-electron chi connectivity index (χ2n) is 6.37. The first-order chi connectivity index (χ1) is 10.6. The number of anilines is 2. The summed E-state index contributed by atoms with van der Waals surface area (Å²) in [6, 6.07) is 7.46. The normalized spacial score (nSPS) is 20.0. The van der Waals surface area contributed by atoms with Crippen LogP contribution in [0.3, 0.4) is 0 Å². The van der Waals surface area contributed by atoms with Crippen LogP contribution in [-0.2, 0) is 9.59 Å². The predicted molar refractivity (Wildman–Crippen MR) is 93.9 cm³/mol. The Kier molecular flexibility index (Phi) is 5.65. The van der Waals surface area contributed by atoms with E-state index in [2.05, 4.69) is 5.32 Å². The van der Waals surface area contributed by atoms with Crippen molar-refractivity contribution in [1.82, 2.24) is 0 Å². The Labute approximate surface area is 143 Å². The largest absolute Gasteiger partial charge is 0.324 e. The lowest BCUT2D eigenvalue weighted by atomic mass is 9.82. The minimum atomic E-state index is -0.752. The Balaban J connectivity index is 0.00000192. The molecule has 2 aliphatic rings. The first kappa shape index (κ1) is 17.8. The third-order valence-electron chi connectivity index (χ3n) is 4.69. The van der Waals surface area contributed by atoms with Gasteiger partial charge in [-0.2, -0.15) is 0 Å². The number of nitrogens with one attached hydrogen (secondary N) is 1. The van der Waals surface area contributed by atoms with Gasteiger partial charge in [0.1, 0.15) is 0 Å². The lowest BCUT2D eigenvalue weighted by Crippen LogP contribution is -2.52. The van der Waals surface area contributed by atoms with E-state index in [-0.39, 0.29) is 24.2 Å². The van der Waals surface area contributed by atoms with Crippen molar-refractivity contribution in [2.24, 2.45) is 5.73 Å². The van der Waals surface area contributed by atoms with Crippen LogP contribution in [0.4, 0.5) is 11.4 Å². The van der Waals surface area contributed by atoms with Crippen LogP contribution < -0.4 is 16.0 Å². The number of carbonyl (C=O) groups is 2. The quantitative estimate of drug-likeness (QED) is 0.890. The maximum Gasteiger partial charge on any atom is 0.244 e. The maximum atomic E-state index is 12.5. The van der Waals surface area contributed by atoms with Crippen LogP contribution in [0.2, 0.25) is 0 Å². The standard InChI is InChI=1S/C17H23N3O2.ClH/c18-17(9-2-1-3-10-17)16(22)19-13-6-4-7-14(12-13)20-11-5-8-15(20)21;/h4,6-7,12H,1-3,5,8-11,18H2,(H,19,22);1H. The number of rotatable bonds is 3. The van der Waals surface area contributed by atoms with Gasteiger partial charge in [0.25, 0.3) is 0 Å². The minimum Gasteiger partial charge on any atom is -0.324 e. The third-order valence-corrected chi connectivity index (χ3v) is 4.69. The molecule has 1 aliphatic carbocycles. The number of nitrogens with zero attached hydrogens (tertiary/aromatic N) is 1. The molecule has 0 atom stereocenters. The Morgan fingerprint density at radius 3 is 2.57 bits per heavy atom. The summed E-state index contributed by atoms with van der Waals surface area (Å²) in [5.74, 6) is 0.0307. The lowest BCUT2D eigenvalue weighted by molar-refractivity contribution is -0.122. The number of carbonyl (C=O) groups excluding carboxylic acids is 2. The van der Waals surface area contributed by atoms with Crippen LogP contribution in [0.5, 0.6) is 0 Å². The van der Waals surface area contributed by atoms with Crippen LogP contribution >= 0.6 is 12.4 Å². The van der Waals surface area contributed by atoms with Crippen molar-refractivity contribution >= 4 is 35.6 Å². The highest BCUT2D eigenvalue weighted by Gasteiger charge is 2.35. The van der Waals surface area contributed by atoms with E-state index in [4.69, 9.17) is 5.73 Å². The molecular formula is C17H24ClN3O2. The molecule has 0 unspecified atom stereocenters. The van der Waals surface area contributed by atoms with Gasteiger partial charge in [-0.05, 0) is 37.5 Å². The Morgan fingerprint density at radius 2 is 1.91 bits per heavy atom. The van der Waals surface area contributed by atoms with Crippen LogP contribution in [0.15, 0.2) is 24.3 Å². The van der Waals surface area contributed by atoms with Gasteiger partial charge in [-0.15, -0.1) is 12.4 Å². The van der Waals surface area contributed by atoms with Gasteiger partial charge >= 0.3 is 0 Å². The average molecular weight is 338 g/mol. The van der Waals surface area contributed by atoms with Gasteiger partial charge < -0.3 is 16.0 Å². The fourth-order valence-electron chi connectivity index (χ4n) is 3.34. The molecule has 0 aromatic heterocycles. The fraction of sp³-hybridized carbons (Fsp3) is 0.529. The molecule has 6 heteroatoms. The van der Waals surface area contributed by atoms with Crippen molar-refractivity contribution in [3.05, 3.63) is 24.3 Å². The van der Waals surface area contributed by atoms with Crippen molar-refractivity contribution in [3.8, 4) is 0 Å². The van der Waals surface area contributed by atoms with E-state index in [1.807, 2.05) is 24.3 Å². The molecule has 1 heterocycles. The first-order valence-electron chi connectivity index (χ1n) is 8.09. The molecule has 1 aliphatic heterocycles. The highest BCUT2D eigenvalue weighted by Crippen LogP contribution is 2.28. The number of nitrogens with two attached hydrogens (primary N) is 1. The molecular weight excluding hydrogens is 314 g/mol. The Hall–Kier alpha value is -1.59. The lowest BCUT2D eigenvalue weighted by Gasteiger charge is -2.31. The second kappa shape index (κ2) is 7.32. The summed E-state index contributed by atoms with van der Waals surface area (Å²) in [5, 5.41) is 2.93. The highest BCUT2D eigenvalue weighted by molar-refractivity contribution is 5.99. The van der Waals surface area contributed by atoms with E-state index >= 15 is 0 Å². The molecule has 3 rings (SSSR count). The molecule has 5 nitrogen and oxygen atoms in total. The summed E-state index contributed by atoms with van der Waals surface area (Å²) in [7, 11) is 0. The monoisotopic (exact) mass is 337 g/mol. The van der Waals surface area contributed by atoms with Gasteiger partial charge in [-0.1, -0.05) is 25.3 Å². The number of halogens is 1. The van der Waals surface area contributed by atoms with E-state index in [0.29, 0.717) is 12.1 Å². The van der Waals surface area contributed by atoms with Crippen molar-refractivity contribution < 1.29 is 9.59 Å². The molecule has 23 heavy (non-hydrogen) atoms. The first-order valence-corrected chi connectivity index (χ1v) is 8.09. The number of hydrogen-bond acceptors (Lipinski definition) is 3. The van der Waals surface area contributed by atoms with Gasteiger partial charge in [0.15, 0.2) is 0 Å². The average Bonchev–Trinajstić information content (AvgIpc) is 2.94. The van der Waals surface area contributed by atoms with Crippen molar-refractivity contribution in [3.63, 3.8) is 0 Å². The molecule has 2 fully saturated rings. The summed E-state index contributed by atoms with van der Waals surface area (Å²) in [4.78, 5) is 26.1. The molecule has 0 bridgehead atoms. The van der Waals surface area contributed by atoms with Gasteiger partial charge in [-0.3, -0.25) is 9.59 Å². The van der Waals surface area contributed by atoms with Crippen LogP contribution in [0.1, 0.15) is 44.9 Å². The van der Waals surface area contributed by atoms with E-state index in [1.54, 1.807) is 4.90 Å². The highest BCUT2D eigenvalue weighted by atomic mass is 35.5. The SMILES string of the molecule is Cl.NC1(C(=O)Nc2cccc(N3CCCC3=O)c2)CCCCC1. The molecule has 3 N–H and O–H groups in total. The second-order valence-corrected chi connectivity index (χ2v) is 6.37. The predicted octanol–water partition coefficient (Wildman–Crippen LogP) is 2.84. The van der Waals surface area contributed by atoms with Crippen molar-refractivity contribution in [1.29, 1.82) is 0 Å². The van der Waals surface area contributed by atoms with E-state index in [9.17, 15) is 9.59 Å². The molecule has 1 saturated heterocycles. The topological polar surface area (TPSA) is 75.4 Å². The molecule has 1 aromatic rings. The zero-order valence-electron chi connectivity index (χ0n) is 13.2. The van der Waals surface area contributed by atoms with Crippen LogP contribution in [-0.4, -0.2) is 23.9 Å². The minimum absolute atomic E-state index is 0. The summed E-state index contributed by atoms with van der Waals surface area (Å²) in [6.07, 6.45) is 6.13. The molecule has 1 saturated carbocycles. The molecule has 0 spiro atoms. The van der Waals surface area contributed by atoms with Crippen LogP contribution in [0.25, 0.3) is 0 Å². The van der Waals surface area contributed by atoms with Crippen molar-refractivity contribution in [2.75, 3.05) is 16.8 Å². The van der Waals surface area contributed by atoms with Crippen LogP contribution in [0, 0.1) is 0 Å². The summed E-state index contributed by atoms with van der Waals surface area (Å²) >= 11 is 0. The summed E-state index contributed by atoms with van der Waals surface area (Å²) in [5.41, 5.74) is 7.05. The van der Waals surface area contributed by atoms with E-state index in [0.717, 1.165) is 50.8 Å². The van der Waals surface area contributed by atoms with Crippen molar-refractivity contribution in [2.45, 2.75) is 50.5 Å². The van der Waals surface area contributed by atoms with E-state index in [1.165, 1.54) is 0 Å². The fourth-order valence-corrected chi connectivity index (χ4v) is 3.34. The number of amides is 2. The zero-order valence-corrected chi connectivity index (χ0v) is 14.0. The van der Waals surface area contributed by atoms with E-state index < -0.39 is 5.54 Å². The molecule has 1 aromatic carbocycles. The maximum absolute atomic E-state index is 12.5. The van der Waals surface area contributed by atoms with Gasteiger partial charge in [0, 0.05) is 24.3 Å². The van der Waals surface area contributed by atoms with Gasteiger partial charge in [0.2, 0.25) is 11.8 Å². The van der Waals surface area contributed by atoms with Gasteiger partial charge in [0.05, 0.1) is 5.54 Å². The Bertz CT molecular complexity index is 585. The van der Waals surface area contributed by atoms with Gasteiger partial charge in [-0.25, -0.2) is 0 Å². The third kappa shape index (κ3) is 3.85. The summed E-state index contributed by atoms with van der Waals surface area (Å²) < 4.78 is 0. The molecule has 126 valence electrons. The molecule has 2 amide bonds. The Morgan fingerprint density at radius 1 is 1.17 bits per heavy atom.